The zero-order valence-electron chi connectivity index (χ0n) is 15.2. The van der Waals surface area contributed by atoms with E-state index in [9.17, 15) is 13.6 Å². The van der Waals surface area contributed by atoms with Crippen molar-refractivity contribution in [3.05, 3.63) is 55.9 Å². The minimum Gasteiger partial charge on any atom is -0.365 e. The number of rotatable bonds is 6. The number of aromatic nitrogens is 3. The maximum Gasteiger partial charge on any atom is 0.259 e. The Morgan fingerprint density at radius 3 is 2.46 bits per heavy atom. The molecule has 148 valence electrons. The van der Waals surface area contributed by atoms with E-state index in [4.69, 9.17) is 23.1 Å². The number of hydrogen-bond donors (Lipinski definition) is 2. The smallest absolute Gasteiger partial charge is 0.259 e. The first-order valence-corrected chi connectivity index (χ1v) is 9.56. The van der Waals surface area contributed by atoms with E-state index in [1.54, 1.807) is 18.7 Å². The number of primary amides is 1. The maximum atomic E-state index is 13.6. The fourth-order valence-electron chi connectivity index (χ4n) is 3.33. The van der Waals surface area contributed by atoms with Gasteiger partial charge in [-0.05, 0) is 43.1 Å². The van der Waals surface area contributed by atoms with E-state index in [1.165, 1.54) is 12.1 Å². The summed E-state index contributed by atoms with van der Waals surface area (Å²) in [4.78, 5) is 12.3. The van der Waals surface area contributed by atoms with Gasteiger partial charge in [-0.25, -0.2) is 13.5 Å². The maximum absolute atomic E-state index is 13.6. The monoisotopic (exact) mass is 425 g/mol. The number of carbonyl (C=O) groups is 1. The van der Waals surface area contributed by atoms with E-state index < -0.39 is 23.5 Å². The summed E-state index contributed by atoms with van der Waals surface area (Å²) < 4.78 is 29.1. The van der Waals surface area contributed by atoms with Gasteiger partial charge in [0.1, 0.15) is 16.0 Å². The lowest BCUT2D eigenvalue weighted by Crippen LogP contribution is -2.20. The molecule has 0 unspecified atom stereocenters. The third-order valence-corrected chi connectivity index (χ3v) is 5.88. The van der Waals surface area contributed by atoms with Crippen LogP contribution in [-0.2, 0) is 13.5 Å². The molecule has 1 amide bonds. The summed E-state index contributed by atoms with van der Waals surface area (Å²) in [5, 5.41) is 8.02. The Bertz CT molecular complexity index is 1010. The van der Waals surface area contributed by atoms with Crippen LogP contribution in [0.3, 0.4) is 0 Å². The van der Waals surface area contributed by atoms with Gasteiger partial charge in [0.15, 0.2) is 0 Å². The van der Waals surface area contributed by atoms with E-state index in [0.29, 0.717) is 32.4 Å². The van der Waals surface area contributed by atoms with Gasteiger partial charge >= 0.3 is 0 Å². The summed E-state index contributed by atoms with van der Waals surface area (Å²) >= 11 is 7.51. The average molecular weight is 426 g/mol. The van der Waals surface area contributed by atoms with Gasteiger partial charge in [0.2, 0.25) is 0 Å². The second-order valence-corrected chi connectivity index (χ2v) is 8.04. The van der Waals surface area contributed by atoms with Crippen LogP contribution in [-0.4, -0.2) is 27.4 Å². The Morgan fingerprint density at radius 2 is 1.96 bits per heavy atom. The van der Waals surface area contributed by atoms with E-state index >= 15 is 0 Å². The Hall–Kier alpha value is -2.36. The van der Waals surface area contributed by atoms with Crippen molar-refractivity contribution in [1.29, 1.82) is 0 Å². The van der Waals surface area contributed by atoms with Crippen molar-refractivity contribution in [2.24, 2.45) is 18.5 Å². The number of halogens is 3. The van der Waals surface area contributed by atoms with Crippen molar-refractivity contribution in [2.45, 2.75) is 19.3 Å². The van der Waals surface area contributed by atoms with Crippen molar-refractivity contribution in [1.82, 2.24) is 15.0 Å². The number of benzene rings is 1. The summed E-state index contributed by atoms with van der Waals surface area (Å²) in [6.45, 7) is 1.88. The molecule has 0 fully saturated rings. The molecule has 0 spiro atoms. The first-order chi connectivity index (χ1) is 13.2. The number of amides is 1. The van der Waals surface area contributed by atoms with Crippen molar-refractivity contribution in [3.63, 3.8) is 0 Å². The van der Waals surface area contributed by atoms with Crippen LogP contribution in [0.1, 0.15) is 32.4 Å². The molecule has 28 heavy (non-hydrogen) atoms. The lowest BCUT2D eigenvalue weighted by atomic mass is 9.88. The predicted octanol–water partition coefficient (Wildman–Crippen LogP) is 3.17. The zero-order chi connectivity index (χ0) is 20.6. The highest BCUT2D eigenvalue weighted by Gasteiger charge is 2.30. The summed E-state index contributed by atoms with van der Waals surface area (Å²) in [5.41, 5.74) is 14.3. The van der Waals surface area contributed by atoms with Crippen molar-refractivity contribution in [3.8, 4) is 11.3 Å². The fourth-order valence-corrected chi connectivity index (χ4v) is 4.72. The quantitative estimate of drug-likeness (QED) is 0.633. The normalized spacial score (nSPS) is 12.4. The van der Waals surface area contributed by atoms with E-state index in [-0.39, 0.29) is 17.8 Å². The molecule has 3 rings (SSSR count). The molecule has 1 atom stereocenters. The molecule has 3 aromatic rings. The predicted molar refractivity (Wildman–Crippen MR) is 104 cm³/mol. The molecule has 4 N–H and O–H groups in total. The molecule has 2 aromatic heterocycles. The Labute approximate surface area is 169 Å². The van der Waals surface area contributed by atoms with Crippen LogP contribution in [0.2, 0.25) is 4.34 Å². The molecular formula is C18H18ClF2N5OS. The molecule has 0 saturated carbocycles. The minimum atomic E-state index is -0.684. The number of thiophene rings is 1. The van der Waals surface area contributed by atoms with Crippen LogP contribution in [0, 0.1) is 18.6 Å². The number of aryl methyl sites for hydroxylation is 2. The lowest BCUT2D eigenvalue weighted by Gasteiger charge is -2.18. The molecule has 0 bridgehead atoms. The molecule has 0 radical (unpaired) electrons. The van der Waals surface area contributed by atoms with Crippen molar-refractivity contribution < 1.29 is 13.6 Å². The molecule has 0 aliphatic heterocycles. The van der Waals surface area contributed by atoms with Crippen LogP contribution >= 0.6 is 22.9 Å². The zero-order valence-corrected chi connectivity index (χ0v) is 16.7. The van der Waals surface area contributed by atoms with Gasteiger partial charge in [0, 0.05) is 24.6 Å². The molecular weight excluding hydrogens is 408 g/mol. The van der Waals surface area contributed by atoms with Gasteiger partial charge in [0.25, 0.3) is 5.91 Å². The molecule has 1 aromatic carbocycles. The topological polar surface area (TPSA) is 99.8 Å². The second-order valence-electron chi connectivity index (χ2n) is 6.42. The van der Waals surface area contributed by atoms with Gasteiger partial charge in [-0.2, -0.15) is 0 Å². The highest BCUT2D eigenvalue weighted by molar-refractivity contribution is 7.18. The SMILES string of the molecule is Cc1nnn(C)c1-c1c(Cl)sc(C(N)=O)c1[C@@H](CN)Cc1cc(F)cc(F)c1. The third-order valence-electron chi connectivity index (χ3n) is 4.46. The summed E-state index contributed by atoms with van der Waals surface area (Å²) in [6.07, 6.45) is 0.204. The van der Waals surface area contributed by atoms with Crippen LogP contribution in [0.4, 0.5) is 8.78 Å². The molecule has 10 heteroatoms. The van der Waals surface area contributed by atoms with Crippen molar-refractivity contribution >= 4 is 28.8 Å². The molecule has 6 nitrogen and oxygen atoms in total. The third kappa shape index (κ3) is 3.78. The van der Waals surface area contributed by atoms with Gasteiger partial charge < -0.3 is 11.5 Å². The first-order valence-electron chi connectivity index (χ1n) is 8.36. The highest BCUT2D eigenvalue weighted by Crippen LogP contribution is 2.45. The summed E-state index contributed by atoms with van der Waals surface area (Å²) in [6, 6.07) is 3.27. The largest absolute Gasteiger partial charge is 0.365 e. The highest BCUT2D eigenvalue weighted by atomic mass is 35.5. The number of carbonyl (C=O) groups excluding carboxylic acids is 1. The van der Waals surface area contributed by atoms with Crippen LogP contribution in [0.5, 0.6) is 0 Å². The number of nitrogens with two attached hydrogens (primary N) is 2. The van der Waals surface area contributed by atoms with Gasteiger partial charge in [-0.1, -0.05) is 16.8 Å². The first kappa shape index (κ1) is 20.4. The average Bonchev–Trinajstić information content (AvgIpc) is 3.11. The van der Waals surface area contributed by atoms with E-state index in [0.717, 1.165) is 17.4 Å². The number of nitrogens with zero attached hydrogens (tertiary/aromatic N) is 3. The Balaban J connectivity index is 2.18. The molecule has 2 heterocycles. The van der Waals surface area contributed by atoms with Gasteiger partial charge in [-0.15, -0.1) is 16.4 Å². The molecule has 0 aliphatic carbocycles. The van der Waals surface area contributed by atoms with E-state index in [1.807, 2.05) is 0 Å². The Morgan fingerprint density at radius 1 is 1.32 bits per heavy atom. The Kier molecular flexibility index (Phi) is 5.78. The molecule has 0 aliphatic rings. The van der Waals surface area contributed by atoms with E-state index in [2.05, 4.69) is 10.3 Å². The van der Waals surface area contributed by atoms with Gasteiger partial charge in [-0.3, -0.25) is 4.79 Å². The van der Waals surface area contributed by atoms with Gasteiger partial charge in [0.05, 0.1) is 16.3 Å². The van der Waals surface area contributed by atoms with Crippen LogP contribution < -0.4 is 11.5 Å². The minimum absolute atomic E-state index is 0.114. The van der Waals surface area contributed by atoms with Crippen LogP contribution in [0.15, 0.2) is 18.2 Å². The molecule has 0 saturated heterocycles. The lowest BCUT2D eigenvalue weighted by molar-refractivity contribution is 0.100. The van der Waals surface area contributed by atoms with Crippen LogP contribution in [0.25, 0.3) is 11.3 Å². The summed E-state index contributed by atoms with van der Waals surface area (Å²) in [7, 11) is 1.70. The summed E-state index contributed by atoms with van der Waals surface area (Å²) in [5.74, 6) is -2.46. The second kappa shape index (κ2) is 7.94. The fraction of sp³-hybridized carbons (Fsp3) is 0.278. The number of hydrogen-bond acceptors (Lipinski definition) is 5. The van der Waals surface area contributed by atoms with Crippen molar-refractivity contribution in [2.75, 3.05) is 6.54 Å². The standard InChI is InChI=1S/C18H18ClF2N5OS/c1-8-15(26(2)25-24-8)14-13(16(18(23)27)28-17(14)19)10(7-22)3-9-4-11(20)6-12(21)5-9/h4-6,10H,3,7,22H2,1-2H3,(H2,23,27)/t10-/m1/s1.